The van der Waals surface area contributed by atoms with E-state index in [-0.39, 0.29) is 6.42 Å². The molecule has 0 aromatic heterocycles. The summed E-state index contributed by atoms with van der Waals surface area (Å²) in [5, 5.41) is 23.2. The summed E-state index contributed by atoms with van der Waals surface area (Å²) >= 11 is 0. The number of carbonyl (C=O) groups is 2. The highest BCUT2D eigenvalue weighted by molar-refractivity contribution is 6.04. The summed E-state index contributed by atoms with van der Waals surface area (Å²) in [5.41, 5.74) is 0.643. The average molecular weight is 378 g/mol. The van der Waals surface area contributed by atoms with Gasteiger partial charge in [-0.15, -0.1) is 0 Å². The zero-order valence-electron chi connectivity index (χ0n) is 17.2. The molecular weight excluding hydrogens is 342 g/mol. The van der Waals surface area contributed by atoms with Gasteiger partial charge in [-0.3, -0.25) is 9.59 Å². The Hall–Kier alpha value is -1.72. The minimum Gasteiger partial charge on any atom is -0.481 e. The van der Waals surface area contributed by atoms with Crippen molar-refractivity contribution >= 4 is 11.8 Å². The second kappa shape index (κ2) is 11.2. The number of Topliss-reactive ketones (excluding diaryl/α,β-unsaturated/α-hetero) is 1. The van der Waals surface area contributed by atoms with Crippen molar-refractivity contribution < 1.29 is 19.8 Å². The number of aliphatic hydroxyl groups is 1. The first-order valence-electron chi connectivity index (χ1n) is 10.1. The number of hydrogen-bond acceptors (Lipinski definition) is 4. The zero-order chi connectivity index (χ0) is 20.4. The second-order valence-corrected chi connectivity index (χ2v) is 7.44. The summed E-state index contributed by atoms with van der Waals surface area (Å²) in [5.74, 6) is -2.57. The lowest BCUT2D eigenvalue weighted by atomic mass is 9.71. The Bertz CT molecular complexity index is 625. The zero-order valence-corrected chi connectivity index (χ0v) is 17.2. The first-order valence-corrected chi connectivity index (χ1v) is 10.1. The molecule has 1 aliphatic carbocycles. The molecule has 2 unspecified atom stereocenters. The van der Waals surface area contributed by atoms with E-state index in [1.165, 1.54) is 25.9 Å². The standard InChI is InChI=1S/C16H20O4.C6H15N/c1-10-6-7-12(9-11(10)2)14(17)16(20)8-4-3-5-13(16)15(18)19;1-3-5-7-6-4-2/h6-7,9,13,20H,3-5,8H2,1-2H3,(H,18,19);7H,3-6H2,1-2H3. The summed E-state index contributed by atoms with van der Waals surface area (Å²) in [7, 11) is 0. The molecule has 1 saturated carbocycles. The summed E-state index contributed by atoms with van der Waals surface area (Å²) in [6.07, 6.45) is 4.48. The van der Waals surface area contributed by atoms with Crippen LogP contribution in [0.4, 0.5) is 0 Å². The van der Waals surface area contributed by atoms with Crippen LogP contribution in [0, 0.1) is 19.8 Å². The highest BCUT2D eigenvalue weighted by atomic mass is 16.4. The summed E-state index contributed by atoms with van der Waals surface area (Å²) in [6, 6.07) is 5.21. The van der Waals surface area contributed by atoms with Gasteiger partial charge in [-0.2, -0.15) is 0 Å². The number of benzene rings is 1. The molecule has 27 heavy (non-hydrogen) atoms. The molecule has 0 amide bonds. The SMILES string of the molecule is CCCNCCC.Cc1ccc(C(=O)C2(O)CCCCC2C(=O)O)cc1C. The van der Waals surface area contributed by atoms with E-state index in [0.29, 0.717) is 18.4 Å². The quantitative estimate of drug-likeness (QED) is 0.496. The number of carbonyl (C=O) groups excluding carboxylic acids is 1. The van der Waals surface area contributed by atoms with Gasteiger partial charge in [-0.1, -0.05) is 38.8 Å². The average Bonchev–Trinajstić information content (AvgIpc) is 2.64. The molecule has 0 radical (unpaired) electrons. The summed E-state index contributed by atoms with van der Waals surface area (Å²) in [4.78, 5) is 23.9. The number of ketones is 1. The molecular formula is C22H35NO4. The molecule has 3 N–H and O–H groups in total. The van der Waals surface area contributed by atoms with Crippen molar-refractivity contribution in [1.82, 2.24) is 5.32 Å². The molecule has 5 heteroatoms. The molecule has 0 heterocycles. The van der Waals surface area contributed by atoms with Crippen LogP contribution in [-0.2, 0) is 4.79 Å². The molecule has 0 bridgehead atoms. The second-order valence-electron chi connectivity index (χ2n) is 7.44. The Kier molecular flexibility index (Phi) is 9.67. The number of carboxylic acids is 1. The van der Waals surface area contributed by atoms with Crippen LogP contribution in [-0.4, -0.2) is 40.7 Å². The van der Waals surface area contributed by atoms with Gasteiger partial charge < -0.3 is 15.5 Å². The van der Waals surface area contributed by atoms with Gasteiger partial charge >= 0.3 is 5.97 Å². The maximum atomic E-state index is 12.6. The van der Waals surface area contributed by atoms with Crippen molar-refractivity contribution in [3.63, 3.8) is 0 Å². The van der Waals surface area contributed by atoms with Crippen LogP contribution < -0.4 is 5.32 Å². The largest absolute Gasteiger partial charge is 0.481 e. The number of aryl methyl sites for hydroxylation is 2. The van der Waals surface area contributed by atoms with Crippen molar-refractivity contribution in [1.29, 1.82) is 0 Å². The highest BCUT2D eigenvalue weighted by Gasteiger charge is 2.49. The minimum absolute atomic E-state index is 0.218. The number of hydrogen-bond donors (Lipinski definition) is 3. The Morgan fingerprint density at radius 3 is 2.26 bits per heavy atom. The van der Waals surface area contributed by atoms with Gasteiger partial charge in [0.15, 0.2) is 5.78 Å². The van der Waals surface area contributed by atoms with Crippen LogP contribution in [0.25, 0.3) is 0 Å². The number of nitrogens with one attached hydrogen (secondary N) is 1. The maximum absolute atomic E-state index is 12.6. The lowest BCUT2D eigenvalue weighted by molar-refractivity contribution is -0.151. The fourth-order valence-electron chi connectivity index (χ4n) is 3.37. The third-order valence-corrected chi connectivity index (χ3v) is 5.19. The normalized spacial score (nSPS) is 21.9. The topological polar surface area (TPSA) is 86.6 Å². The fraction of sp³-hybridized carbons (Fsp3) is 0.636. The van der Waals surface area contributed by atoms with Crippen LogP contribution in [0.1, 0.15) is 73.9 Å². The minimum atomic E-state index is -1.77. The molecule has 1 fully saturated rings. The predicted octanol–water partition coefficient (Wildman–Crippen LogP) is 3.89. The van der Waals surface area contributed by atoms with E-state index in [9.17, 15) is 19.8 Å². The van der Waals surface area contributed by atoms with Crippen molar-refractivity contribution in [3.8, 4) is 0 Å². The third-order valence-electron chi connectivity index (χ3n) is 5.19. The Balaban J connectivity index is 0.000000445. The number of carboxylic acid groups (broad SMARTS) is 1. The van der Waals surface area contributed by atoms with Crippen LogP contribution in [0.15, 0.2) is 18.2 Å². The van der Waals surface area contributed by atoms with E-state index >= 15 is 0 Å². The number of rotatable bonds is 7. The molecule has 0 spiro atoms. The predicted molar refractivity (Wildman–Crippen MR) is 108 cm³/mol. The Morgan fingerprint density at radius 2 is 1.74 bits per heavy atom. The van der Waals surface area contributed by atoms with Crippen molar-refractivity contribution in [2.24, 2.45) is 5.92 Å². The summed E-state index contributed by atoms with van der Waals surface area (Å²) in [6.45, 7) is 10.6. The Labute approximate surface area is 163 Å². The van der Waals surface area contributed by atoms with Gasteiger partial charge in [0.1, 0.15) is 5.60 Å². The van der Waals surface area contributed by atoms with E-state index in [4.69, 9.17) is 0 Å². The van der Waals surface area contributed by atoms with Gasteiger partial charge in [0.2, 0.25) is 0 Å². The molecule has 1 aromatic rings. The molecule has 2 rings (SSSR count). The molecule has 5 nitrogen and oxygen atoms in total. The first-order chi connectivity index (χ1) is 12.8. The first kappa shape index (κ1) is 23.3. The molecule has 152 valence electrons. The molecule has 1 aliphatic rings. The molecule has 1 aromatic carbocycles. The van der Waals surface area contributed by atoms with Gasteiger partial charge in [0, 0.05) is 5.56 Å². The van der Waals surface area contributed by atoms with Crippen LogP contribution in [0.2, 0.25) is 0 Å². The van der Waals surface area contributed by atoms with Gasteiger partial charge in [-0.05, 0) is 69.8 Å². The summed E-state index contributed by atoms with van der Waals surface area (Å²) < 4.78 is 0. The fourth-order valence-corrected chi connectivity index (χ4v) is 3.37. The van der Waals surface area contributed by atoms with E-state index in [2.05, 4.69) is 19.2 Å². The highest BCUT2D eigenvalue weighted by Crippen LogP contribution is 2.36. The van der Waals surface area contributed by atoms with Crippen molar-refractivity contribution in [3.05, 3.63) is 34.9 Å². The van der Waals surface area contributed by atoms with Crippen LogP contribution >= 0.6 is 0 Å². The number of aliphatic carboxylic acids is 1. The smallest absolute Gasteiger partial charge is 0.309 e. The monoisotopic (exact) mass is 377 g/mol. The van der Waals surface area contributed by atoms with Gasteiger partial charge in [0.25, 0.3) is 0 Å². The van der Waals surface area contributed by atoms with E-state index in [0.717, 1.165) is 17.5 Å². The van der Waals surface area contributed by atoms with Crippen molar-refractivity contribution in [2.75, 3.05) is 13.1 Å². The van der Waals surface area contributed by atoms with Crippen molar-refractivity contribution in [2.45, 2.75) is 71.8 Å². The van der Waals surface area contributed by atoms with E-state index < -0.39 is 23.3 Å². The third kappa shape index (κ3) is 6.43. The lowest BCUT2D eigenvalue weighted by Crippen LogP contribution is -2.51. The lowest BCUT2D eigenvalue weighted by Gasteiger charge is -2.36. The molecule has 0 saturated heterocycles. The molecule has 2 atom stereocenters. The Morgan fingerprint density at radius 1 is 1.11 bits per heavy atom. The van der Waals surface area contributed by atoms with Crippen LogP contribution in [0.5, 0.6) is 0 Å². The van der Waals surface area contributed by atoms with E-state index in [1.807, 2.05) is 19.9 Å². The van der Waals surface area contributed by atoms with Crippen LogP contribution in [0.3, 0.4) is 0 Å². The van der Waals surface area contributed by atoms with E-state index in [1.54, 1.807) is 12.1 Å². The maximum Gasteiger partial charge on any atom is 0.309 e. The van der Waals surface area contributed by atoms with Gasteiger partial charge in [-0.25, -0.2) is 0 Å². The van der Waals surface area contributed by atoms with Gasteiger partial charge in [0.05, 0.1) is 5.92 Å². The molecule has 0 aliphatic heterocycles.